The Hall–Kier alpha value is -4.07. The zero-order valence-electron chi connectivity index (χ0n) is 14.9. The maximum atomic E-state index is 12.2. The van der Waals surface area contributed by atoms with E-state index in [9.17, 15) is 9.59 Å². The van der Waals surface area contributed by atoms with Gasteiger partial charge in [-0.1, -0.05) is 0 Å². The summed E-state index contributed by atoms with van der Waals surface area (Å²) < 4.78 is 10.6. The van der Waals surface area contributed by atoms with E-state index in [1.54, 1.807) is 48.7 Å². The average Bonchev–Trinajstić information content (AvgIpc) is 2.75. The van der Waals surface area contributed by atoms with Gasteiger partial charge < -0.3 is 9.47 Å². The molecular formula is C20H16N4O4. The number of hydrazone groups is 1. The first-order valence-electron chi connectivity index (χ1n) is 8.21. The summed E-state index contributed by atoms with van der Waals surface area (Å²) in [5, 5.41) is 3.91. The molecule has 1 aromatic carbocycles. The van der Waals surface area contributed by atoms with Crippen molar-refractivity contribution >= 4 is 18.1 Å². The molecule has 0 aliphatic rings. The van der Waals surface area contributed by atoms with Crippen LogP contribution in [0.5, 0.6) is 11.5 Å². The summed E-state index contributed by atoms with van der Waals surface area (Å²) >= 11 is 0. The summed E-state index contributed by atoms with van der Waals surface area (Å²) in [4.78, 5) is 31.8. The highest BCUT2D eigenvalue weighted by Crippen LogP contribution is 2.28. The Balaban J connectivity index is 1.67. The number of rotatable bonds is 6. The lowest BCUT2D eigenvalue weighted by molar-refractivity contribution is 0.0729. The molecule has 0 unspecified atom stereocenters. The van der Waals surface area contributed by atoms with Crippen molar-refractivity contribution in [1.82, 2.24) is 15.4 Å². The summed E-state index contributed by atoms with van der Waals surface area (Å²) in [6, 6.07) is 11.3. The van der Waals surface area contributed by atoms with E-state index in [1.165, 1.54) is 31.9 Å². The van der Waals surface area contributed by atoms with Gasteiger partial charge in [-0.3, -0.25) is 14.8 Å². The summed E-state index contributed by atoms with van der Waals surface area (Å²) in [6.07, 6.45) is 7.48. The molecule has 8 heteroatoms. The first-order chi connectivity index (χ1) is 13.7. The summed E-state index contributed by atoms with van der Waals surface area (Å²) in [7, 11) is 1.46. The van der Waals surface area contributed by atoms with E-state index in [-0.39, 0.29) is 11.7 Å². The smallest absolute Gasteiger partial charge is 0.345 e. The molecule has 0 saturated carbocycles. The van der Waals surface area contributed by atoms with Gasteiger partial charge in [0.2, 0.25) is 0 Å². The minimum Gasteiger partial charge on any atom is -0.493 e. The SMILES string of the molecule is COc1cc(C=NNC(=O)c2ccncc2)ccc1OC(=O)c1cccnc1. The zero-order chi connectivity index (χ0) is 19.8. The molecule has 0 saturated heterocycles. The molecule has 3 aromatic rings. The number of nitrogens with zero attached hydrogens (tertiary/aromatic N) is 3. The van der Waals surface area contributed by atoms with Crippen LogP contribution in [0.4, 0.5) is 0 Å². The number of hydrogen-bond donors (Lipinski definition) is 1. The molecule has 0 bridgehead atoms. The highest BCUT2D eigenvalue weighted by atomic mass is 16.6. The van der Waals surface area contributed by atoms with Gasteiger partial charge in [0.15, 0.2) is 11.5 Å². The molecule has 3 rings (SSSR count). The van der Waals surface area contributed by atoms with Crippen LogP contribution in [0.1, 0.15) is 26.3 Å². The van der Waals surface area contributed by atoms with Gasteiger partial charge in [-0.15, -0.1) is 0 Å². The van der Waals surface area contributed by atoms with Crippen molar-refractivity contribution in [2.24, 2.45) is 5.10 Å². The van der Waals surface area contributed by atoms with E-state index >= 15 is 0 Å². The quantitative estimate of drug-likeness (QED) is 0.307. The normalized spacial score (nSPS) is 10.5. The molecule has 0 radical (unpaired) electrons. The lowest BCUT2D eigenvalue weighted by Gasteiger charge is -2.09. The van der Waals surface area contributed by atoms with Gasteiger partial charge in [0, 0.05) is 30.4 Å². The Kier molecular flexibility index (Phi) is 6.04. The lowest BCUT2D eigenvalue weighted by Crippen LogP contribution is -2.17. The molecule has 1 amide bonds. The number of hydrogen-bond acceptors (Lipinski definition) is 7. The van der Waals surface area contributed by atoms with Crippen LogP contribution in [-0.2, 0) is 0 Å². The number of pyridine rings is 2. The summed E-state index contributed by atoms with van der Waals surface area (Å²) in [5.41, 5.74) is 3.84. The minimum absolute atomic E-state index is 0.259. The summed E-state index contributed by atoms with van der Waals surface area (Å²) in [6.45, 7) is 0. The van der Waals surface area contributed by atoms with Crippen molar-refractivity contribution in [2.45, 2.75) is 0 Å². The fourth-order valence-electron chi connectivity index (χ4n) is 2.22. The van der Waals surface area contributed by atoms with Crippen LogP contribution < -0.4 is 14.9 Å². The molecule has 2 heterocycles. The van der Waals surface area contributed by atoms with Gasteiger partial charge in [0.25, 0.3) is 5.91 Å². The van der Waals surface area contributed by atoms with Crippen LogP contribution in [0.3, 0.4) is 0 Å². The topological polar surface area (TPSA) is 103 Å². The van der Waals surface area contributed by atoms with Crippen LogP contribution >= 0.6 is 0 Å². The van der Waals surface area contributed by atoms with Gasteiger partial charge >= 0.3 is 5.97 Å². The second-order valence-electron chi connectivity index (χ2n) is 5.48. The third-order valence-corrected chi connectivity index (χ3v) is 3.61. The van der Waals surface area contributed by atoms with E-state index in [1.807, 2.05) is 0 Å². The number of esters is 1. The number of amides is 1. The second-order valence-corrected chi connectivity index (χ2v) is 5.48. The van der Waals surface area contributed by atoms with Crippen molar-refractivity contribution in [3.05, 3.63) is 83.9 Å². The third-order valence-electron chi connectivity index (χ3n) is 3.61. The fraction of sp³-hybridized carbons (Fsp3) is 0.0500. The largest absolute Gasteiger partial charge is 0.493 e. The average molecular weight is 376 g/mol. The van der Waals surface area contributed by atoms with Crippen molar-refractivity contribution in [2.75, 3.05) is 7.11 Å². The Morgan fingerprint density at radius 3 is 2.54 bits per heavy atom. The molecule has 0 aliphatic heterocycles. The molecule has 0 atom stereocenters. The van der Waals surface area contributed by atoms with E-state index in [2.05, 4.69) is 20.5 Å². The number of carbonyl (C=O) groups is 2. The Morgan fingerprint density at radius 1 is 1.00 bits per heavy atom. The second kappa shape index (κ2) is 9.04. The predicted octanol–water partition coefficient (Wildman–Crippen LogP) is 2.47. The molecule has 1 N–H and O–H groups in total. The molecule has 8 nitrogen and oxygen atoms in total. The highest BCUT2D eigenvalue weighted by Gasteiger charge is 2.12. The number of ether oxygens (including phenoxy) is 2. The number of carbonyl (C=O) groups excluding carboxylic acids is 2. The predicted molar refractivity (Wildman–Crippen MR) is 101 cm³/mol. The monoisotopic (exact) mass is 376 g/mol. The van der Waals surface area contributed by atoms with Crippen LogP contribution in [0.2, 0.25) is 0 Å². The molecule has 140 valence electrons. The highest BCUT2D eigenvalue weighted by molar-refractivity contribution is 5.95. The van der Waals surface area contributed by atoms with Gasteiger partial charge in [0.05, 0.1) is 18.9 Å². The first kappa shape index (κ1) is 18.7. The molecule has 0 aliphatic carbocycles. The third kappa shape index (κ3) is 4.76. The summed E-state index contributed by atoms with van der Waals surface area (Å²) in [5.74, 6) is -0.291. The van der Waals surface area contributed by atoms with Gasteiger partial charge in [-0.25, -0.2) is 10.2 Å². The van der Waals surface area contributed by atoms with Gasteiger partial charge in [0.1, 0.15) is 0 Å². The molecule has 28 heavy (non-hydrogen) atoms. The molecule has 0 fully saturated rings. The lowest BCUT2D eigenvalue weighted by atomic mass is 10.2. The van der Waals surface area contributed by atoms with Crippen LogP contribution in [0, 0.1) is 0 Å². The number of nitrogens with one attached hydrogen (secondary N) is 1. The van der Waals surface area contributed by atoms with E-state index in [4.69, 9.17) is 9.47 Å². The van der Waals surface area contributed by atoms with Crippen molar-refractivity contribution in [1.29, 1.82) is 0 Å². The van der Waals surface area contributed by atoms with E-state index in [0.29, 0.717) is 22.4 Å². The zero-order valence-corrected chi connectivity index (χ0v) is 14.9. The first-order valence-corrected chi connectivity index (χ1v) is 8.21. The Bertz CT molecular complexity index is 992. The Labute approximate surface area is 160 Å². The van der Waals surface area contributed by atoms with E-state index < -0.39 is 5.97 Å². The number of aromatic nitrogens is 2. The minimum atomic E-state index is -0.544. The van der Waals surface area contributed by atoms with Crippen molar-refractivity contribution in [3.63, 3.8) is 0 Å². The molecular weight excluding hydrogens is 360 g/mol. The maximum Gasteiger partial charge on any atom is 0.345 e. The Morgan fingerprint density at radius 2 is 1.82 bits per heavy atom. The van der Waals surface area contributed by atoms with Crippen LogP contribution in [-0.4, -0.2) is 35.2 Å². The van der Waals surface area contributed by atoms with Crippen LogP contribution in [0.15, 0.2) is 72.4 Å². The van der Waals surface area contributed by atoms with Crippen molar-refractivity contribution < 1.29 is 19.1 Å². The molecule has 2 aromatic heterocycles. The fourth-order valence-corrected chi connectivity index (χ4v) is 2.22. The molecule has 0 spiro atoms. The van der Waals surface area contributed by atoms with E-state index in [0.717, 1.165) is 0 Å². The number of methoxy groups -OCH3 is 1. The standard InChI is InChI=1S/C20H16N4O4/c1-27-18-11-14(12-23-24-19(25)15-6-9-21-10-7-15)4-5-17(18)28-20(26)16-3-2-8-22-13-16/h2-13H,1H3,(H,24,25). The number of benzene rings is 1. The van der Waals surface area contributed by atoms with Gasteiger partial charge in [-0.2, -0.15) is 5.10 Å². The van der Waals surface area contributed by atoms with Crippen LogP contribution in [0.25, 0.3) is 0 Å². The maximum absolute atomic E-state index is 12.2. The van der Waals surface area contributed by atoms with Gasteiger partial charge in [-0.05, 0) is 48.0 Å². The van der Waals surface area contributed by atoms with Crippen molar-refractivity contribution in [3.8, 4) is 11.5 Å².